The van der Waals surface area contributed by atoms with E-state index in [2.05, 4.69) is 19.9 Å². The molecule has 1 fully saturated rings. The summed E-state index contributed by atoms with van der Waals surface area (Å²) in [4.78, 5) is 10.1. The van der Waals surface area contributed by atoms with Crippen molar-refractivity contribution < 1.29 is 13.9 Å². The van der Waals surface area contributed by atoms with E-state index in [0.29, 0.717) is 53.8 Å². The molecule has 9 heteroatoms. The molecule has 0 saturated carbocycles. The number of aromatic nitrogens is 3. The minimum atomic E-state index is -0.454. The van der Waals surface area contributed by atoms with Gasteiger partial charge in [0, 0.05) is 43.9 Å². The average Bonchev–Trinajstić information content (AvgIpc) is 3.35. The summed E-state index contributed by atoms with van der Waals surface area (Å²) in [6.07, 6.45) is 0.672. The summed E-state index contributed by atoms with van der Waals surface area (Å²) in [5, 5.41) is 15.4. The fourth-order valence-corrected chi connectivity index (χ4v) is 5.34. The van der Waals surface area contributed by atoms with Crippen molar-refractivity contribution in [2.75, 3.05) is 31.1 Å². The molecular weight excluding hydrogens is 432 g/mol. The Morgan fingerprint density at radius 2 is 1.75 bits per heavy atom. The van der Waals surface area contributed by atoms with Crippen LogP contribution < -0.4 is 4.90 Å². The van der Waals surface area contributed by atoms with Gasteiger partial charge in [-0.05, 0) is 30.3 Å². The minimum Gasteiger partial charge on any atom is -0.492 e. The van der Waals surface area contributed by atoms with E-state index in [1.54, 1.807) is 24.3 Å². The van der Waals surface area contributed by atoms with E-state index in [1.807, 2.05) is 13.0 Å². The highest BCUT2D eigenvalue weighted by Gasteiger charge is 2.33. The second kappa shape index (κ2) is 8.48. The Balaban J connectivity index is 1.48. The van der Waals surface area contributed by atoms with E-state index >= 15 is 0 Å². The monoisotopic (exact) mass is 455 g/mol. The van der Waals surface area contributed by atoms with E-state index in [1.165, 1.54) is 34.1 Å². The highest BCUT2D eigenvalue weighted by Crippen LogP contribution is 2.41. The Hall–Kier alpha value is -3.04. The molecule has 5 rings (SSSR count). The first kappa shape index (κ1) is 20.8. The van der Waals surface area contributed by atoms with Gasteiger partial charge in [0.1, 0.15) is 11.6 Å². The number of thiazole rings is 1. The maximum absolute atomic E-state index is 14.9. The van der Waals surface area contributed by atoms with Gasteiger partial charge in [0.2, 0.25) is 10.8 Å². The summed E-state index contributed by atoms with van der Waals surface area (Å²) >= 11 is 1.34. The highest BCUT2D eigenvalue weighted by atomic mass is 32.1. The second-order valence-corrected chi connectivity index (χ2v) is 8.80. The van der Waals surface area contributed by atoms with Crippen LogP contribution in [0.25, 0.3) is 4.96 Å². The van der Waals surface area contributed by atoms with E-state index in [4.69, 9.17) is 0 Å². The molecule has 1 aliphatic rings. The summed E-state index contributed by atoms with van der Waals surface area (Å²) in [7, 11) is 0. The molecule has 166 valence electrons. The molecule has 32 heavy (non-hydrogen) atoms. The van der Waals surface area contributed by atoms with Crippen LogP contribution in [0.15, 0.2) is 48.5 Å². The lowest BCUT2D eigenvalue weighted by molar-refractivity contribution is 0.208. The second-order valence-electron chi connectivity index (χ2n) is 7.79. The quantitative estimate of drug-likeness (QED) is 0.488. The molecular formula is C23H23F2N5OS. The lowest BCUT2D eigenvalue weighted by Gasteiger charge is -2.40. The molecule has 3 heterocycles. The van der Waals surface area contributed by atoms with Gasteiger partial charge in [-0.1, -0.05) is 36.5 Å². The third-order valence-corrected chi connectivity index (χ3v) is 6.95. The van der Waals surface area contributed by atoms with Gasteiger partial charge in [-0.25, -0.2) is 13.8 Å². The van der Waals surface area contributed by atoms with E-state index in [0.717, 1.165) is 5.69 Å². The molecule has 0 spiro atoms. The largest absolute Gasteiger partial charge is 0.492 e. The Labute approximate surface area is 188 Å². The zero-order valence-electron chi connectivity index (χ0n) is 17.6. The van der Waals surface area contributed by atoms with Gasteiger partial charge in [0.15, 0.2) is 5.82 Å². The van der Waals surface area contributed by atoms with Gasteiger partial charge in [-0.2, -0.15) is 4.52 Å². The Morgan fingerprint density at radius 1 is 1.03 bits per heavy atom. The molecule has 1 atom stereocenters. The van der Waals surface area contributed by atoms with Gasteiger partial charge in [-0.15, -0.1) is 5.10 Å². The third kappa shape index (κ3) is 3.71. The molecule has 0 bridgehead atoms. The summed E-state index contributed by atoms with van der Waals surface area (Å²) < 4.78 is 29.6. The summed E-state index contributed by atoms with van der Waals surface area (Å²) in [5.41, 5.74) is 1.47. The van der Waals surface area contributed by atoms with E-state index < -0.39 is 6.04 Å². The fraction of sp³-hybridized carbons (Fsp3) is 0.304. The first-order valence-electron chi connectivity index (χ1n) is 10.6. The van der Waals surface area contributed by atoms with Crippen molar-refractivity contribution in [1.82, 2.24) is 19.5 Å². The third-order valence-electron chi connectivity index (χ3n) is 5.88. The van der Waals surface area contributed by atoms with Crippen LogP contribution in [0.5, 0.6) is 5.88 Å². The normalized spacial score (nSPS) is 16.0. The summed E-state index contributed by atoms with van der Waals surface area (Å²) in [6.45, 7) is 4.68. The van der Waals surface area contributed by atoms with Gasteiger partial charge >= 0.3 is 0 Å². The van der Waals surface area contributed by atoms with Crippen LogP contribution in [0.4, 0.5) is 14.5 Å². The molecule has 1 aliphatic heterocycles. The van der Waals surface area contributed by atoms with Crippen LogP contribution in [0.1, 0.15) is 29.2 Å². The molecule has 4 aromatic rings. The van der Waals surface area contributed by atoms with Gasteiger partial charge < -0.3 is 10.0 Å². The molecule has 2 aromatic heterocycles. The first-order valence-corrected chi connectivity index (χ1v) is 11.4. The van der Waals surface area contributed by atoms with Crippen LogP contribution in [-0.4, -0.2) is 50.8 Å². The van der Waals surface area contributed by atoms with E-state index in [-0.39, 0.29) is 17.5 Å². The standard InChI is InChI=1S/C23H23F2N5OS/c1-2-19-26-23-30(27-19)22(31)21(32-23)20(17-5-3-4-6-18(17)25)29-13-11-28(12-14-29)16-9-7-15(24)8-10-16/h3-10,20,31H,2,11-14H2,1H3/t20-/m0/s1. The van der Waals surface area contributed by atoms with Crippen LogP contribution in [0, 0.1) is 11.6 Å². The average molecular weight is 456 g/mol. The maximum atomic E-state index is 14.9. The van der Waals surface area contributed by atoms with Crippen molar-refractivity contribution in [3.8, 4) is 5.88 Å². The maximum Gasteiger partial charge on any atom is 0.230 e. The highest BCUT2D eigenvalue weighted by molar-refractivity contribution is 7.17. The minimum absolute atomic E-state index is 0.00594. The number of nitrogens with zero attached hydrogens (tertiary/aromatic N) is 5. The molecule has 1 saturated heterocycles. The summed E-state index contributed by atoms with van der Waals surface area (Å²) in [5.74, 6) is 0.0935. The number of benzene rings is 2. The number of aromatic hydroxyl groups is 1. The number of hydrogen-bond acceptors (Lipinski definition) is 6. The van der Waals surface area contributed by atoms with Crippen molar-refractivity contribution in [1.29, 1.82) is 0 Å². The molecule has 6 nitrogen and oxygen atoms in total. The lowest BCUT2D eigenvalue weighted by Crippen LogP contribution is -2.48. The number of aryl methyl sites for hydroxylation is 1. The number of hydrogen-bond donors (Lipinski definition) is 1. The number of anilines is 1. The Bertz CT molecular complexity index is 1230. The predicted molar refractivity (Wildman–Crippen MR) is 120 cm³/mol. The van der Waals surface area contributed by atoms with E-state index in [9.17, 15) is 13.9 Å². The molecule has 0 amide bonds. The number of rotatable bonds is 5. The van der Waals surface area contributed by atoms with Crippen LogP contribution in [0.2, 0.25) is 0 Å². The van der Waals surface area contributed by atoms with Crippen LogP contribution in [-0.2, 0) is 6.42 Å². The number of fused-ring (bicyclic) bond motifs is 1. The van der Waals surface area contributed by atoms with Crippen LogP contribution >= 0.6 is 11.3 Å². The molecule has 1 N–H and O–H groups in total. The molecule has 0 unspecified atom stereocenters. The number of halogens is 2. The fourth-order valence-electron chi connectivity index (χ4n) is 4.21. The lowest BCUT2D eigenvalue weighted by atomic mass is 10.0. The SMILES string of the molecule is CCc1nc2sc([C@H](c3ccccc3F)N3CCN(c4ccc(F)cc4)CC3)c(O)n2n1. The van der Waals surface area contributed by atoms with Crippen molar-refractivity contribution in [3.63, 3.8) is 0 Å². The van der Waals surface area contributed by atoms with Crippen LogP contribution in [0.3, 0.4) is 0 Å². The zero-order chi connectivity index (χ0) is 22.2. The summed E-state index contributed by atoms with van der Waals surface area (Å²) in [6, 6.07) is 12.7. The number of piperazine rings is 1. The van der Waals surface area contributed by atoms with Crippen molar-refractivity contribution in [2.24, 2.45) is 0 Å². The van der Waals surface area contributed by atoms with Crippen molar-refractivity contribution in [3.05, 3.63) is 76.4 Å². The molecule has 2 aromatic carbocycles. The molecule has 0 aliphatic carbocycles. The van der Waals surface area contributed by atoms with Gasteiger partial charge in [-0.3, -0.25) is 4.90 Å². The smallest absolute Gasteiger partial charge is 0.230 e. The molecule has 0 radical (unpaired) electrons. The first-order chi connectivity index (χ1) is 15.5. The Morgan fingerprint density at radius 3 is 2.41 bits per heavy atom. The predicted octanol–water partition coefficient (Wildman–Crippen LogP) is 4.25. The van der Waals surface area contributed by atoms with Gasteiger partial charge in [0.05, 0.1) is 10.9 Å². The van der Waals surface area contributed by atoms with Crippen molar-refractivity contribution in [2.45, 2.75) is 19.4 Å². The van der Waals surface area contributed by atoms with Crippen molar-refractivity contribution >= 4 is 22.0 Å². The Kier molecular flexibility index (Phi) is 5.52. The topological polar surface area (TPSA) is 56.9 Å². The zero-order valence-corrected chi connectivity index (χ0v) is 18.4. The van der Waals surface area contributed by atoms with Gasteiger partial charge in [0.25, 0.3) is 0 Å².